The van der Waals surface area contributed by atoms with Gasteiger partial charge in [-0.1, -0.05) is 6.07 Å². The van der Waals surface area contributed by atoms with Crippen LogP contribution in [0.1, 0.15) is 27.6 Å². The van der Waals surface area contributed by atoms with Crippen molar-refractivity contribution in [2.24, 2.45) is 5.18 Å². The zero-order chi connectivity index (χ0) is 15.9. The number of carbonyl (C=O) groups excluding carboxylic acids is 2. The highest BCUT2D eigenvalue weighted by Crippen LogP contribution is 2.17. The van der Waals surface area contributed by atoms with Gasteiger partial charge in [0.2, 0.25) is 0 Å². The third-order valence-corrected chi connectivity index (χ3v) is 2.87. The topological polar surface area (TPSA) is 84.8 Å². The first-order valence-electron chi connectivity index (χ1n) is 6.66. The molecule has 1 amide bonds. The molecule has 0 radical (unpaired) electrons. The first kappa shape index (κ1) is 15.4. The Morgan fingerprint density at radius 1 is 1.09 bits per heavy atom. The van der Waals surface area contributed by atoms with Crippen molar-refractivity contribution in [3.8, 4) is 0 Å². The van der Waals surface area contributed by atoms with Gasteiger partial charge in [0, 0.05) is 11.3 Å². The smallest absolute Gasteiger partial charge is 0.338 e. The highest BCUT2D eigenvalue weighted by Gasteiger charge is 2.11. The van der Waals surface area contributed by atoms with E-state index in [1.165, 1.54) is 18.2 Å². The van der Waals surface area contributed by atoms with Gasteiger partial charge in [0.05, 0.1) is 12.2 Å². The zero-order valence-electron chi connectivity index (χ0n) is 11.9. The molecule has 0 fully saturated rings. The summed E-state index contributed by atoms with van der Waals surface area (Å²) in [7, 11) is 0. The lowest BCUT2D eigenvalue weighted by Crippen LogP contribution is -2.13. The first-order valence-corrected chi connectivity index (χ1v) is 6.66. The van der Waals surface area contributed by atoms with Gasteiger partial charge in [0.15, 0.2) is 0 Å². The maximum absolute atomic E-state index is 12.2. The molecule has 0 atom stereocenters. The molecule has 2 aromatic rings. The Labute approximate surface area is 127 Å². The molecule has 0 aliphatic heterocycles. The number of esters is 1. The van der Waals surface area contributed by atoms with Crippen molar-refractivity contribution in [3.63, 3.8) is 0 Å². The summed E-state index contributed by atoms with van der Waals surface area (Å²) in [5.74, 6) is -0.837. The number of hydrogen-bond acceptors (Lipinski definition) is 5. The van der Waals surface area contributed by atoms with Crippen LogP contribution in [0.5, 0.6) is 0 Å². The van der Waals surface area contributed by atoms with Crippen LogP contribution in [0, 0.1) is 4.91 Å². The fourth-order valence-electron chi connectivity index (χ4n) is 1.81. The molecule has 112 valence electrons. The van der Waals surface area contributed by atoms with E-state index in [1.807, 2.05) is 0 Å². The van der Waals surface area contributed by atoms with Gasteiger partial charge in [-0.25, -0.2) is 4.79 Å². The lowest BCUT2D eigenvalue weighted by atomic mass is 10.1. The quantitative estimate of drug-likeness (QED) is 0.676. The van der Waals surface area contributed by atoms with Crippen LogP contribution in [0.2, 0.25) is 0 Å². The molecule has 22 heavy (non-hydrogen) atoms. The standard InChI is InChI=1S/C16H14N2O4/c1-2-22-16(20)12-5-3-4-11(10-12)15(19)17-13-6-8-14(18-21)9-7-13/h3-10H,2H2,1H3,(H,17,19). The Balaban J connectivity index is 2.13. The average Bonchev–Trinajstić information content (AvgIpc) is 2.56. The van der Waals surface area contributed by atoms with Gasteiger partial charge < -0.3 is 10.1 Å². The predicted molar refractivity (Wildman–Crippen MR) is 82.2 cm³/mol. The average molecular weight is 298 g/mol. The summed E-state index contributed by atoms with van der Waals surface area (Å²) in [4.78, 5) is 34.1. The number of nitroso groups, excluding NO2 is 1. The fourth-order valence-corrected chi connectivity index (χ4v) is 1.81. The van der Waals surface area contributed by atoms with Gasteiger partial charge in [0.1, 0.15) is 5.69 Å². The minimum atomic E-state index is -0.474. The van der Waals surface area contributed by atoms with Crippen LogP contribution in [-0.4, -0.2) is 18.5 Å². The Morgan fingerprint density at radius 2 is 1.77 bits per heavy atom. The molecule has 0 aromatic heterocycles. The Bertz CT molecular complexity index is 696. The first-order chi connectivity index (χ1) is 10.6. The van der Waals surface area contributed by atoms with Crippen LogP contribution >= 0.6 is 0 Å². The number of ether oxygens (including phenoxy) is 1. The second-order valence-corrected chi connectivity index (χ2v) is 4.39. The minimum Gasteiger partial charge on any atom is -0.462 e. The number of hydrogen-bond donors (Lipinski definition) is 1. The molecule has 2 rings (SSSR count). The van der Waals surface area contributed by atoms with E-state index >= 15 is 0 Å². The van der Waals surface area contributed by atoms with Gasteiger partial charge in [-0.3, -0.25) is 4.79 Å². The second-order valence-electron chi connectivity index (χ2n) is 4.39. The molecule has 1 N–H and O–H groups in total. The summed E-state index contributed by atoms with van der Waals surface area (Å²) in [6.07, 6.45) is 0. The van der Waals surface area contributed by atoms with Crippen LogP contribution in [0.3, 0.4) is 0 Å². The van der Waals surface area contributed by atoms with Gasteiger partial charge in [-0.05, 0) is 54.6 Å². The molecule has 2 aromatic carbocycles. The number of amides is 1. The van der Waals surface area contributed by atoms with E-state index in [4.69, 9.17) is 4.74 Å². The van der Waals surface area contributed by atoms with E-state index in [0.717, 1.165) is 0 Å². The number of nitrogens with one attached hydrogen (secondary N) is 1. The van der Waals surface area contributed by atoms with Crippen LogP contribution in [0.4, 0.5) is 11.4 Å². The SMILES string of the molecule is CCOC(=O)c1cccc(C(=O)Nc2ccc(N=O)cc2)c1. The van der Waals surface area contributed by atoms with E-state index in [9.17, 15) is 14.5 Å². The molecule has 6 heteroatoms. The molecule has 6 nitrogen and oxygen atoms in total. The van der Waals surface area contributed by atoms with E-state index < -0.39 is 5.97 Å². The lowest BCUT2D eigenvalue weighted by molar-refractivity contribution is 0.0526. The van der Waals surface area contributed by atoms with Crippen LogP contribution < -0.4 is 5.32 Å². The van der Waals surface area contributed by atoms with Crippen molar-refractivity contribution in [1.29, 1.82) is 0 Å². The fraction of sp³-hybridized carbons (Fsp3) is 0.125. The monoisotopic (exact) mass is 298 g/mol. The van der Waals surface area contributed by atoms with Gasteiger partial charge >= 0.3 is 5.97 Å². The van der Waals surface area contributed by atoms with Gasteiger partial charge in [0.25, 0.3) is 5.91 Å². The van der Waals surface area contributed by atoms with Crippen molar-refractivity contribution >= 4 is 23.3 Å². The molecule has 0 spiro atoms. The molecule has 0 saturated heterocycles. The summed E-state index contributed by atoms with van der Waals surface area (Å²) in [5, 5.41) is 5.46. The van der Waals surface area contributed by atoms with Crippen LogP contribution in [-0.2, 0) is 4.74 Å². The summed E-state index contributed by atoms with van der Waals surface area (Å²) in [5.41, 5.74) is 1.46. The normalized spacial score (nSPS) is 9.86. The van der Waals surface area contributed by atoms with E-state index in [2.05, 4.69) is 10.5 Å². The number of anilines is 1. The van der Waals surface area contributed by atoms with Crippen LogP contribution in [0.25, 0.3) is 0 Å². The van der Waals surface area contributed by atoms with Gasteiger partial charge in [-0.2, -0.15) is 0 Å². The maximum Gasteiger partial charge on any atom is 0.338 e. The number of carbonyl (C=O) groups is 2. The second kappa shape index (κ2) is 7.12. The Hall–Kier alpha value is -3.02. The molecule has 0 heterocycles. The summed E-state index contributed by atoms with van der Waals surface area (Å²) >= 11 is 0. The molecule has 0 unspecified atom stereocenters. The predicted octanol–water partition coefficient (Wildman–Crippen LogP) is 3.51. The molecule has 0 saturated carbocycles. The number of rotatable bonds is 5. The third kappa shape index (κ3) is 3.76. The largest absolute Gasteiger partial charge is 0.462 e. The van der Waals surface area contributed by atoms with Crippen molar-refractivity contribution < 1.29 is 14.3 Å². The summed E-state index contributed by atoms with van der Waals surface area (Å²) in [6.45, 7) is 1.98. The Kier molecular flexibility index (Phi) is 4.98. The van der Waals surface area contributed by atoms with Crippen molar-refractivity contribution in [1.82, 2.24) is 0 Å². The highest BCUT2D eigenvalue weighted by atomic mass is 16.5. The van der Waals surface area contributed by atoms with E-state index in [0.29, 0.717) is 16.8 Å². The van der Waals surface area contributed by atoms with Crippen molar-refractivity contribution in [2.45, 2.75) is 6.92 Å². The molecule has 0 bridgehead atoms. The molecular weight excluding hydrogens is 284 g/mol. The molecule has 0 aliphatic carbocycles. The number of benzene rings is 2. The van der Waals surface area contributed by atoms with Gasteiger partial charge in [-0.15, -0.1) is 4.91 Å². The highest BCUT2D eigenvalue weighted by molar-refractivity contribution is 6.05. The zero-order valence-corrected chi connectivity index (χ0v) is 11.9. The van der Waals surface area contributed by atoms with E-state index in [-0.39, 0.29) is 18.2 Å². The summed E-state index contributed by atoms with van der Waals surface area (Å²) < 4.78 is 4.90. The van der Waals surface area contributed by atoms with Crippen LogP contribution in [0.15, 0.2) is 53.7 Å². The minimum absolute atomic E-state index is 0.270. The lowest BCUT2D eigenvalue weighted by Gasteiger charge is -2.07. The van der Waals surface area contributed by atoms with Crippen molar-refractivity contribution in [3.05, 3.63) is 64.6 Å². The van der Waals surface area contributed by atoms with E-state index in [1.54, 1.807) is 37.3 Å². The molecule has 0 aliphatic rings. The Morgan fingerprint density at radius 3 is 2.41 bits per heavy atom. The summed E-state index contributed by atoms with van der Waals surface area (Å²) in [6, 6.07) is 12.4. The maximum atomic E-state index is 12.2. The third-order valence-electron chi connectivity index (χ3n) is 2.87. The molecular formula is C16H14N2O4. The van der Waals surface area contributed by atoms with Crippen molar-refractivity contribution in [2.75, 3.05) is 11.9 Å². The number of nitrogens with zero attached hydrogens (tertiary/aromatic N) is 1.